The van der Waals surface area contributed by atoms with Gasteiger partial charge in [-0.05, 0) is 6.42 Å². The summed E-state index contributed by atoms with van der Waals surface area (Å²) in [5.74, 6) is 1.03. The quantitative estimate of drug-likeness (QED) is 0.792. The molecule has 0 heterocycles. The number of amides is 1. The molecule has 0 fully saturated rings. The van der Waals surface area contributed by atoms with Crippen molar-refractivity contribution >= 4 is 11.6 Å². The highest BCUT2D eigenvalue weighted by Crippen LogP contribution is 2.26. The Balaban J connectivity index is 2.83. The maximum absolute atomic E-state index is 12.1. The van der Waals surface area contributed by atoms with Crippen molar-refractivity contribution < 1.29 is 14.3 Å². The number of methoxy groups -OCH3 is 2. The van der Waals surface area contributed by atoms with E-state index in [-0.39, 0.29) is 11.8 Å². The van der Waals surface area contributed by atoms with E-state index in [9.17, 15) is 4.79 Å². The number of rotatable bonds is 7. The van der Waals surface area contributed by atoms with E-state index in [0.29, 0.717) is 23.7 Å². The van der Waals surface area contributed by atoms with Crippen molar-refractivity contribution in [1.29, 1.82) is 0 Å². The molecule has 0 aromatic heterocycles. The second-order valence-corrected chi connectivity index (χ2v) is 4.31. The van der Waals surface area contributed by atoms with Gasteiger partial charge >= 0.3 is 0 Å². The van der Waals surface area contributed by atoms with Gasteiger partial charge in [-0.25, -0.2) is 0 Å². The predicted molar refractivity (Wildman–Crippen MR) is 75.6 cm³/mol. The topological polar surface area (TPSA) is 73.6 Å². The molecule has 0 radical (unpaired) electrons. The van der Waals surface area contributed by atoms with Gasteiger partial charge < -0.3 is 20.5 Å². The lowest BCUT2D eigenvalue weighted by molar-refractivity contribution is -0.119. The molecule has 1 aromatic carbocycles. The zero-order chi connectivity index (χ0) is 14.3. The second-order valence-electron chi connectivity index (χ2n) is 4.31. The van der Waals surface area contributed by atoms with Crippen molar-refractivity contribution in [1.82, 2.24) is 0 Å². The summed E-state index contributed by atoms with van der Waals surface area (Å²) < 4.78 is 10.3. The van der Waals surface area contributed by atoms with Gasteiger partial charge in [0.15, 0.2) is 0 Å². The van der Waals surface area contributed by atoms with Gasteiger partial charge in [0.25, 0.3) is 0 Å². The van der Waals surface area contributed by atoms with Crippen molar-refractivity contribution in [2.75, 3.05) is 26.1 Å². The Labute approximate surface area is 114 Å². The number of nitrogens with two attached hydrogens (primary N) is 1. The number of hydrogen-bond acceptors (Lipinski definition) is 4. The molecule has 1 atom stereocenters. The van der Waals surface area contributed by atoms with E-state index in [1.165, 1.54) is 0 Å². The largest absolute Gasteiger partial charge is 0.497 e. The number of carbonyl (C=O) groups is 1. The minimum absolute atomic E-state index is 0.0698. The van der Waals surface area contributed by atoms with E-state index in [4.69, 9.17) is 15.2 Å². The van der Waals surface area contributed by atoms with Gasteiger partial charge in [-0.2, -0.15) is 0 Å². The summed E-state index contributed by atoms with van der Waals surface area (Å²) in [6, 6.07) is 5.25. The van der Waals surface area contributed by atoms with Gasteiger partial charge in [0.1, 0.15) is 11.5 Å². The third kappa shape index (κ3) is 4.44. The van der Waals surface area contributed by atoms with Crippen LogP contribution in [0.3, 0.4) is 0 Å². The normalized spacial score (nSPS) is 11.8. The number of benzene rings is 1. The van der Waals surface area contributed by atoms with Crippen molar-refractivity contribution in [3.05, 3.63) is 18.2 Å². The van der Waals surface area contributed by atoms with Crippen LogP contribution in [0.5, 0.6) is 11.5 Å². The molecule has 106 valence electrons. The van der Waals surface area contributed by atoms with Gasteiger partial charge in [-0.1, -0.05) is 13.3 Å². The first-order valence-electron chi connectivity index (χ1n) is 6.38. The molecule has 5 heteroatoms. The summed E-state index contributed by atoms with van der Waals surface area (Å²) in [4.78, 5) is 12.1. The number of hydrogen-bond donors (Lipinski definition) is 2. The molecule has 19 heavy (non-hydrogen) atoms. The molecule has 0 aliphatic carbocycles. The molecular formula is C14H22N2O3. The first-order valence-corrected chi connectivity index (χ1v) is 6.38. The Morgan fingerprint density at radius 2 is 1.84 bits per heavy atom. The molecule has 3 N–H and O–H groups in total. The van der Waals surface area contributed by atoms with Gasteiger partial charge in [0, 0.05) is 30.4 Å². The lowest BCUT2D eigenvalue weighted by Crippen LogP contribution is -2.29. The highest BCUT2D eigenvalue weighted by atomic mass is 16.5. The third-order valence-corrected chi connectivity index (χ3v) is 2.91. The lowest BCUT2D eigenvalue weighted by Gasteiger charge is -2.15. The van der Waals surface area contributed by atoms with Gasteiger partial charge in [-0.15, -0.1) is 0 Å². The van der Waals surface area contributed by atoms with Crippen LogP contribution in [-0.2, 0) is 4.79 Å². The monoisotopic (exact) mass is 266 g/mol. The Bertz CT molecular complexity index is 399. The Hall–Kier alpha value is -1.75. The predicted octanol–water partition coefficient (Wildman–Crippen LogP) is 2.02. The van der Waals surface area contributed by atoms with Crippen molar-refractivity contribution in [3.63, 3.8) is 0 Å². The smallest absolute Gasteiger partial charge is 0.228 e. The highest BCUT2D eigenvalue weighted by molar-refractivity contribution is 5.93. The number of ether oxygens (including phenoxy) is 2. The van der Waals surface area contributed by atoms with Crippen LogP contribution in [0, 0.1) is 5.92 Å². The van der Waals surface area contributed by atoms with Gasteiger partial charge in [0.2, 0.25) is 5.91 Å². The van der Waals surface area contributed by atoms with E-state index in [1.807, 2.05) is 6.92 Å². The fourth-order valence-corrected chi connectivity index (χ4v) is 1.83. The molecule has 1 amide bonds. The van der Waals surface area contributed by atoms with Crippen LogP contribution in [0.25, 0.3) is 0 Å². The summed E-state index contributed by atoms with van der Waals surface area (Å²) >= 11 is 0. The summed E-state index contributed by atoms with van der Waals surface area (Å²) in [7, 11) is 3.14. The standard InChI is InChI=1S/C14H22N2O3/c1-4-5-10(9-15)14(17)16-11-6-12(18-2)8-13(7-11)19-3/h6-8,10H,4-5,9,15H2,1-3H3,(H,16,17). The van der Waals surface area contributed by atoms with Crippen LogP contribution >= 0.6 is 0 Å². The Kier molecular flexibility index (Phi) is 6.15. The minimum Gasteiger partial charge on any atom is -0.497 e. The zero-order valence-corrected chi connectivity index (χ0v) is 11.7. The lowest BCUT2D eigenvalue weighted by atomic mass is 10.0. The van der Waals surface area contributed by atoms with Crippen molar-refractivity contribution in [2.45, 2.75) is 19.8 Å². The molecule has 5 nitrogen and oxygen atoms in total. The highest BCUT2D eigenvalue weighted by Gasteiger charge is 2.16. The molecule has 1 unspecified atom stereocenters. The van der Waals surface area contributed by atoms with Crippen LogP contribution in [0.2, 0.25) is 0 Å². The average Bonchev–Trinajstić information content (AvgIpc) is 2.43. The second kappa shape index (κ2) is 7.63. The number of nitrogens with one attached hydrogen (secondary N) is 1. The van der Waals surface area contributed by atoms with Gasteiger partial charge in [-0.3, -0.25) is 4.79 Å². The summed E-state index contributed by atoms with van der Waals surface area (Å²) in [5.41, 5.74) is 6.26. The Morgan fingerprint density at radius 3 is 2.26 bits per heavy atom. The van der Waals surface area contributed by atoms with E-state index < -0.39 is 0 Å². The summed E-state index contributed by atoms with van der Waals surface area (Å²) in [6.45, 7) is 2.38. The Morgan fingerprint density at radius 1 is 1.26 bits per heavy atom. The van der Waals surface area contributed by atoms with Crippen LogP contribution in [0.15, 0.2) is 18.2 Å². The minimum atomic E-state index is -0.165. The maximum Gasteiger partial charge on any atom is 0.228 e. The molecule has 0 aliphatic rings. The van der Waals surface area contributed by atoms with E-state index in [2.05, 4.69) is 5.32 Å². The van der Waals surface area contributed by atoms with Crippen LogP contribution in [0.1, 0.15) is 19.8 Å². The molecule has 1 rings (SSSR count). The SMILES string of the molecule is CCCC(CN)C(=O)Nc1cc(OC)cc(OC)c1. The van der Waals surface area contributed by atoms with Crippen LogP contribution < -0.4 is 20.5 Å². The first kappa shape index (κ1) is 15.3. The fraction of sp³-hybridized carbons (Fsp3) is 0.500. The van der Waals surface area contributed by atoms with Crippen LogP contribution in [-0.4, -0.2) is 26.7 Å². The molecular weight excluding hydrogens is 244 g/mol. The van der Waals surface area contributed by atoms with Crippen LogP contribution in [0.4, 0.5) is 5.69 Å². The summed E-state index contributed by atoms with van der Waals surface area (Å²) in [5, 5.41) is 2.85. The molecule has 0 saturated carbocycles. The molecule has 0 aliphatic heterocycles. The first-order chi connectivity index (χ1) is 9.14. The molecule has 1 aromatic rings. The zero-order valence-electron chi connectivity index (χ0n) is 11.7. The molecule has 0 spiro atoms. The van der Waals surface area contributed by atoms with E-state index in [0.717, 1.165) is 12.8 Å². The maximum atomic E-state index is 12.1. The van der Waals surface area contributed by atoms with Gasteiger partial charge in [0.05, 0.1) is 20.1 Å². The van der Waals surface area contributed by atoms with Crippen molar-refractivity contribution in [2.24, 2.45) is 11.7 Å². The number of carbonyl (C=O) groups excluding carboxylic acids is 1. The summed E-state index contributed by atoms with van der Waals surface area (Å²) in [6.07, 6.45) is 1.71. The number of anilines is 1. The van der Waals surface area contributed by atoms with E-state index >= 15 is 0 Å². The molecule has 0 bridgehead atoms. The molecule has 0 saturated heterocycles. The third-order valence-electron chi connectivity index (χ3n) is 2.91. The average molecular weight is 266 g/mol. The van der Waals surface area contributed by atoms with Crippen molar-refractivity contribution in [3.8, 4) is 11.5 Å². The van der Waals surface area contributed by atoms with E-state index in [1.54, 1.807) is 32.4 Å². The fourth-order valence-electron chi connectivity index (χ4n) is 1.83.